The van der Waals surface area contributed by atoms with E-state index in [9.17, 15) is 0 Å². The molecule has 244 valence electrons. The van der Waals surface area contributed by atoms with Gasteiger partial charge in [0, 0.05) is 6.42 Å². The quantitative estimate of drug-likeness (QED) is 0.141. The molecule has 2 aliphatic rings. The van der Waals surface area contributed by atoms with Gasteiger partial charge in [-0.05, 0) is 34.8 Å². The number of ether oxygens (including phenoxy) is 6. The molecule has 2 heterocycles. The molecule has 6 heteroatoms. The summed E-state index contributed by atoms with van der Waals surface area (Å²) in [6.07, 6.45) is 0.463. The van der Waals surface area contributed by atoms with Crippen molar-refractivity contribution in [2.45, 2.75) is 70.0 Å². The zero-order valence-corrected chi connectivity index (χ0v) is 27.0. The molecule has 4 aromatic carbocycles. The minimum absolute atomic E-state index is 0.285. The van der Waals surface area contributed by atoms with Crippen molar-refractivity contribution in [1.82, 2.24) is 0 Å². The second-order valence-corrected chi connectivity index (χ2v) is 12.2. The van der Waals surface area contributed by atoms with E-state index in [4.69, 9.17) is 28.4 Å². The minimum Gasteiger partial charge on any atom is -0.374 e. The van der Waals surface area contributed by atoms with Gasteiger partial charge in [-0.2, -0.15) is 0 Å². The van der Waals surface area contributed by atoms with Crippen LogP contribution in [0.25, 0.3) is 0 Å². The molecule has 47 heavy (non-hydrogen) atoms. The van der Waals surface area contributed by atoms with Gasteiger partial charge in [0.05, 0.1) is 39.6 Å². The Bertz CT molecular complexity index is 1560. The summed E-state index contributed by atoms with van der Waals surface area (Å²) in [5, 5.41) is 0. The molecule has 0 amide bonds. The largest absolute Gasteiger partial charge is 0.374 e. The average molecular weight is 633 g/mol. The lowest BCUT2D eigenvalue weighted by Crippen LogP contribution is -2.68. The van der Waals surface area contributed by atoms with Gasteiger partial charge in [-0.1, -0.05) is 140 Å². The lowest BCUT2D eigenvalue weighted by atomic mass is 9.87. The molecular formula is C41H44O6. The van der Waals surface area contributed by atoms with Crippen molar-refractivity contribution in [3.63, 3.8) is 0 Å². The van der Waals surface area contributed by atoms with Gasteiger partial charge in [-0.3, -0.25) is 0 Å². The van der Waals surface area contributed by atoms with Crippen LogP contribution in [0.4, 0.5) is 0 Å². The molecular weight excluding hydrogens is 588 g/mol. The number of hydrogen-bond acceptors (Lipinski definition) is 6. The van der Waals surface area contributed by atoms with Crippen LogP contribution in [-0.2, 0) is 54.8 Å². The fourth-order valence-corrected chi connectivity index (χ4v) is 6.08. The SMILES string of the molecule is C=C(C)C1=CC[C@]2(OC1)O[C@H](COCc1ccccc1)[C@@H](OCc1ccccc1)[C@H](OCc1ccccc1)[C@H]2OCc1ccccc1. The van der Waals surface area contributed by atoms with Crippen LogP contribution in [0.5, 0.6) is 0 Å². The zero-order chi connectivity index (χ0) is 32.3. The molecule has 6 rings (SSSR count). The van der Waals surface area contributed by atoms with E-state index >= 15 is 0 Å². The van der Waals surface area contributed by atoms with E-state index in [-0.39, 0.29) is 6.61 Å². The molecule has 4 aromatic rings. The van der Waals surface area contributed by atoms with Gasteiger partial charge in [0.2, 0.25) is 5.79 Å². The van der Waals surface area contributed by atoms with E-state index in [1.807, 2.05) is 79.7 Å². The Morgan fingerprint density at radius 3 is 1.60 bits per heavy atom. The molecule has 0 N–H and O–H groups in total. The molecule has 0 bridgehead atoms. The molecule has 0 aromatic heterocycles. The van der Waals surface area contributed by atoms with Crippen molar-refractivity contribution >= 4 is 0 Å². The van der Waals surface area contributed by atoms with Gasteiger partial charge in [-0.15, -0.1) is 0 Å². The number of hydrogen-bond donors (Lipinski definition) is 0. The number of rotatable bonds is 14. The molecule has 0 aliphatic carbocycles. The predicted molar refractivity (Wildman–Crippen MR) is 182 cm³/mol. The van der Waals surface area contributed by atoms with Crippen LogP contribution in [0, 0.1) is 0 Å². The first-order chi connectivity index (χ1) is 23.1. The van der Waals surface area contributed by atoms with Crippen LogP contribution >= 0.6 is 0 Å². The van der Waals surface area contributed by atoms with E-state index < -0.39 is 30.2 Å². The van der Waals surface area contributed by atoms with Crippen LogP contribution in [-0.4, -0.2) is 43.4 Å². The summed E-state index contributed by atoms with van der Waals surface area (Å²) >= 11 is 0. The summed E-state index contributed by atoms with van der Waals surface area (Å²) in [7, 11) is 0. The molecule has 1 saturated heterocycles. The van der Waals surface area contributed by atoms with Gasteiger partial charge in [0.1, 0.15) is 24.4 Å². The van der Waals surface area contributed by atoms with E-state index in [1.54, 1.807) is 0 Å². The molecule has 0 saturated carbocycles. The van der Waals surface area contributed by atoms with Gasteiger partial charge in [0.15, 0.2) is 0 Å². The van der Waals surface area contributed by atoms with Gasteiger partial charge in [0.25, 0.3) is 0 Å². The highest BCUT2D eigenvalue weighted by atomic mass is 16.7. The molecule has 1 spiro atoms. The Labute approximate surface area is 278 Å². The highest BCUT2D eigenvalue weighted by Crippen LogP contribution is 2.42. The second-order valence-electron chi connectivity index (χ2n) is 12.2. The fourth-order valence-electron chi connectivity index (χ4n) is 6.08. The third kappa shape index (κ3) is 8.73. The monoisotopic (exact) mass is 632 g/mol. The summed E-state index contributed by atoms with van der Waals surface area (Å²) in [4.78, 5) is 0. The predicted octanol–water partition coefficient (Wildman–Crippen LogP) is 7.98. The smallest absolute Gasteiger partial charge is 0.201 e. The molecule has 5 atom stereocenters. The van der Waals surface area contributed by atoms with Crippen molar-refractivity contribution in [3.05, 3.63) is 167 Å². The third-order valence-corrected chi connectivity index (χ3v) is 8.66. The topological polar surface area (TPSA) is 55.4 Å². The van der Waals surface area contributed by atoms with Crippen LogP contribution in [0.3, 0.4) is 0 Å². The van der Waals surface area contributed by atoms with Crippen LogP contribution in [0.15, 0.2) is 145 Å². The van der Waals surface area contributed by atoms with E-state index in [0.29, 0.717) is 39.5 Å². The summed E-state index contributed by atoms with van der Waals surface area (Å²) in [6, 6.07) is 40.6. The first-order valence-electron chi connectivity index (χ1n) is 16.3. The first-order valence-corrected chi connectivity index (χ1v) is 16.3. The normalized spacial score (nSPS) is 24.1. The molecule has 0 unspecified atom stereocenters. The van der Waals surface area contributed by atoms with Gasteiger partial charge < -0.3 is 28.4 Å². The Morgan fingerprint density at radius 2 is 1.13 bits per heavy atom. The Balaban J connectivity index is 1.35. The average Bonchev–Trinajstić information content (AvgIpc) is 3.12. The number of benzene rings is 4. The maximum absolute atomic E-state index is 7.01. The summed E-state index contributed by atoms with van der Waals surface area (Å²) < 4.78 is 40.5. The van der Waals surface area contributed by atoms with Crippen LogP contribution in [0.1, 0.15) is 35.6 Å². The lowest BCUT2D eigenvalue weighted by Gasteiger charge is -2.53. The standard InChI is InChI=1S/C41H44O6/c1-31(2)36-23-24-41(46-29-36)40(45-28-35-21-13-6-14-22-35)39(44-27-34-19-11-5-12-20-34)38(43-26-33-17-9-4-10-18-33)37(47-41)30-42-25-32-15-7-3-8-16-32/h3-23,37-40H,1,24-30H2,2H3/t37-,38-,39+,40-,41+/m1/s1. The molecule has 1 fully saturated rings. The van der Waals surface area contributed by atoms with Crippen LogP contribution in [0.2, 0.25) is 0 Å². The zero-order valence-electron chi connectivity index (χ0n) is 27.0. The second kappa shape index (κ2) is 16.3. The summed E-state index contributed by atoms with van der Waals surface area (Å²) in [5.74, 6) is -1.12. The summed E-state index contributed by atoms with van der Waals surface area (Å²) in [6.45, 7) is 8.36. The maximum atomic E-state index is 7.01. The van der Waals surface area contributed by atoms with Crippen molar-refractivity contribution in [2.24, 2.45) is 0 Å². The fraction of sp³-hybridized carbons (Fsp3) is 0.317. The Hall–Kier alpha value is -3.88. The highest BCUT2D eigenvalue weighted by Gasteiger charge is 2.58. The molecule has 6 nitrogen and oxygen atoms in total. The van der Waals surface area contributed by atoms with E-state index in [2.05, 4.69) is 61.2 Å². The Kier molecular flexibility index (Phi) is 11.5. The van der Waals surface area contributed by atoms with Gasteiger partial charge >= 0.3 is 0 Å². The molecule has 2 aliphatic heterocycles. The van der Waals surface area contributed by atoms with Crippen LogP contribution < -0.4 is 0 Å². The summed E-state index contributed by atoms with van der Waals surface area (Å²) in [5.41, 5.74) is 6.28. The van der Waals surface area contributed by atoms with E-state index in [0.717, 1.165) is 33.4 Å². The third-order valence-electron chi connectivity index (χ3n) is 8.66. The van der Waals surface area contributed by atoms with Crippen molar-refractivity contribution in [2.75, 3.05) is 13.2 Å². The van der Waals surface area contributed by atoms with Crippen molar-refractivity contribution < 1.29 is 28.4 Å². The van der Waals surface area contributed by atoms with Crippen molar-refractivity contribution in [1.29, 1.82) is 0 Å². The molecule has 0 radical (unpaired) electrons. The van der Waals surface area contributed by atoms with Crippen molar-refractivity contribution in [3.8, 4) is 0 Å². The first kappa shape index (κ1) is 33.0. The van der Waals surface area contributed by atoms with Gasteiger partial charge in [-0.25, -0.2) is 0 Å². The maximum Gasteiger partial charge on any atom is 0.201 e. The minimum atomic E-state index is -1.12. The Morgan fingerprint density at radius 1 is 0.660 bits per heavy atom. The lowest BCUT2D eigenvalue weighted by molar-refractivity contribution is -0.382. The highest BCUT2D eigenvalue weighted by molar-refractivity contribution is 5.29. The van der Waals surface area contributed by atoms with E-state index in [1.165, 1.54) is 0 Å².